The molecule has 0 rings (SSSR count). The molecule has 0 amide bonds. The third-order valence-corrected chi connectivity index (χ3v) is 2.97. The summed E-state index contributed by atoms with van der Waals surface area (Å²) in [5.41, 5.74) is 0. The van der Waals surface area contributed by atoms with Gasteiger partial charge in [0, 0.05) is 6.54 Å². The summed E-state index contributed by atoms with van der Waals surface area (Å²) in [5.74, 6) is 0. The number of allylic oxidation sites excluding steroid dienone is 2. The minimum absolute atomic E-state index is 1.13. The summed E-state index contributed by atoms with van der Waals surface area (Å²) in [5, 5.41) is 0. The summed E-state index contributed by atoms with van der Waals surface area (Å²) < 4.78 is 0. The molecule has 1 nitrogen and oxygen atoms in total. The predicted octanol–water partition coefficient (Wildman–Crippen LogP) is 4.80. The van der Waals surface area contributed by atoms with E-state index in [2.05, 4.69) is 37.5 Å². The molecule has 1 heteroatoms. The molecule has 0 radical (unpaired) electrons. The van der Waals surface area contributed by atoms with E-state index in [4.69, 9.17) is 0 Å². The number of nitrogens with zero attached hydrogens (tertiary/aromatic N) is 1. The predicted molar refractivity (Wildman–Crippen MR) is 79.4 cm³/mol. The van der Waals surface area contributed by atoms with Crippen LogP contribution in [-0.4, -0.2) is 24.5 Å². The van der Waals surface area contributed by atoms with Crippen LogP contribution in [0.25, 0.3) is 0 Å². The second kappa shape index (κ2) is 13.5. The number of unbranched alkanes of at least 4 members (excludes halogenated alkanes) is 4. The lowest BCUT2D eigenvalue weighted by Crippen LogP contribution is -2.26. The molecule has 0 fully saturated rings. The van der Waals surface area contributed by atoms with Crippen molar-refractivity contribution in [1.29, 1.82) is 0 Å². The fraction of sp³-hybridized carbons (Fsp3) is 0.750. The van der Waals surface area contributed by atoms with Crippen LogP contribution in [0.2, 0.25) is 0 Å². The van der Waals surface area contributed by atoms with Crippen LogP contribution in [0.4, 0.5) is 0 Å². The van der Waals surface area contributed by atoms with Crippen molar-refractivity contribution in [3.63, 3.8) is 0 Å². The SMILES string of the molecule is C=CCCCC=CCN(CCCC)CCCC. The monoisotopic (exact) mass is 237 g/mol. The fourth-order valence-corrected chi connectivity index (χ4v) is 1.78. The highest BCUT2D eigenvalue weighted by atomic mass is 15.1. The molecule has 0 bridgehead atoms. The molecule has 0 aliphatic carbocycles. The molecule has 0 aliphatic heterocycles. The van der Waals surface area contributed by atoms with Crippen molar-refractivity contribution < 1.29 is 0 Å². The van der Waals surface area contributed by atoms with Gasteiger partial charge in [0.2, 0.25) is 0 Å². The van der Waals surface area contributed by atoms with Crippen LogP contribution >= 0.6 is 0 Å². The van der Waals surface area contributed by atoms with Gasteiger partial charge in [-0.05, 0) is 45.2 Å². The third kappa shape index (κ3) is 11.7. The van der Waals surface area contributed by atoms with E-state index >= 15 is 0 Å². The first-order chi connectivity index (χ1) is 8.35. The standard InChI is InChI=1S/C16H31N/c1-4-7-10-11-12-13-16-17(14-8-5-2)15-9-6-3/h4,12-13H,1,5-11,14-16H2,2-3H3. The van der Waals surface area contributed by atoms with Crippen molar-refractivity contribution in [1.82, 2.24) is 4.90 Å². The van der Waals surface area contributed by atoms with Crippen LogP contribution in [0.3, 0.4) is 0 Å². The van der Waals surface area contributed by atoms with Crippen molar-refractivity contribution in [3.05, 3.63) is 24.8 Å². The van der Waals surface area contributed by atoms with Crippen molar-refractivity contribution in [2.75, 3.05) is 19.6 Å². The first kappa shape index (κ1) is 16.4. The van der Waals surface area contributed by atoms with Gasteiger partial charge in [0.25, 0.3) is 0 Å². The topological polar surface area (TPSA) is 3.24 Å². The van der Waals surface area contributed by atoms with Crippen LogP contribution < -0.4 is 0 Å². The van der Waals surface area contributed by atoms with Crippen molar-refractivity contribution >= 4 is 0 Å². The van der Waals surface area contributed by atoms with E-state index in [1.165, 1.54) is 51.6 Å². The molecule has 0 N–H and O–H groups in total. The molecule has 0 aliphatic rings. The van der Waals surface area contributed by atoms with Gasteiger partial charge in [-0.2, -0.15) is 0 Å². The maximum atomic E-state index is 3.74. The highest BCUT2D eigenvalue weighted by Gasteiger charge is 2.00. The van der Waals surface area contributed by atoms with E-state index in [9.17, 15) is 0 Å². The molecule has 0 saturated carbocycles. The minimum atomic E-state index is 1.13. The number of hydrogen-bond acceptors (Lipinski definition) is 1. The minimum Gasteiger partial charge on any atom is -0.300 e. The van der Waals surface area contributed by atoms with Crippen LogP contribution in [0.5, 0.6) is 0 Å². The second-order valence-electron chi connectivity index (χ2n) is 4.70. The smallest absolute Gasteiger partial charge is 0.0163 e. The average Bonchev–Trinajstić information content (AvgIpc) is 2.35. The zero-order valence-electron chi connectivity index (χ0n) is 12.0. The molecule has 0 aromatic heterocycles. The Balaban J connectivity index is 3.68. The first-order valence-electron chi connectivity index (χ1n) is 7.33. The summed E-state index contributed by atoms with van der Waals surface area (Å²) in [6, 6.07) is 0. The van der Waals surface area contributed by atoms with Crippen molar-refractivity contribution in [2.45, 2.75) is 58.8 Å². The van der Waals surface area contributed by atoms with E-state index in [-0.39, 0.29) is 0 Å². The molecule has 0 spiro atoms. The molecule has 0 aromatic rings. The molecular formula is C16H31N. The van der Waals surface area contributed by atoms with E-state index in [0.717, 1.165) is 13.0 Å². The van der Waals surface area contributed by atoms with Gasteiger partial charge in [-0.25, -0.2) is 0 Å². The van der Waals surface area contributed by atoms with Gasteiger partial charge in [0.05, 0.1) is 0 Å². The van der Waals surface area contributed by atoms with Crippen LogP contribution in [0.1, 0.15) is 58.8 Å². The lowest BCUT2D eigenvalue weighted by atomic mass is 10.2. The Bertz CT molecular complexity index is 176. The summed E-state index contributed by atoms with van der Waals surface area (Å²) in [4.78, 5) is 2.58. The van der Waals surface area contributed by atoms with E-state index in [1.54, 1.807) is 0 Å². The van der Waals surface area contributed by atoms with Gasteiger partial charge in [-0.3, -0.25) is 4.90 Å². The maximum Gasteiger partial charge on any atom is 0.0163 e. The number of rotatable bonds is 12. The molecule has 100 valence electrons. The van der Waals surface area contributed by atoms with Gasteiger partial charge in [-0.15, -0.1) is 6.58 Å². The molecule has 0 heterocycles. The Morgan fingerprint density at radius 3 is 2.06 bits per heavy atom. The van der Waals surface area contributed by atoms with Gasteiger partial charge < -0.3 is 0 Å². The maximum absolute atomic E-state index is 3.74. The Kier molecular flexibility index (Phi) is 13.1. The van der Waals surface area contributed by atoms with Gasteiger partial charge in [-0.1, -0.05) is 44.9 Å². The normalized spacial score (nSPS) is 11.5. The summed E-state index contributed by atoms with van der Waals surface area (Å²) in [7, 11) is 0. The molecule has 0 saturated heterocycles. The molecule has 0 aromatic carbocycles. The van der Waals surface area contributed by atoms with Gasteiger partial charge in [0.15, 0.2) is 0 Å². The molecule has 0 atom stereocenters. The highest BCUT2D eigenvalue weighted by Crippen LogP contribution is 2.01. The Labute approximate surface area is 109 Å². The Morgan fingerprint density at radius 2 is 1.53 bits per heavy atom. The van der Waals surface area contributed by atoms with E-state index < -0.39 is 0 Å². The Hall–Kier alpha value is -0.560. The quantitative estimate of drug-likeness (QED) is 0.348. The molecule has 17 heavy (non-hydrogen) atoms. The van der Waals surface area contributed by atoms with Crippen LogP contribution in [0.15, 0.2) is 24.8 Å². The summed E-state index contributed by atoms with van der Waals surface area (Å²) in [6.07, 6.45) is 15.5. The largest absolute Gasteiger partial charge is 0.300 e. The first-order valence-corrected chi connectivity index (χ1v) is 7.33. The molecular weight excluding hydrogens is 206 g/mol. The van der Waals surface area contributed by atoms with Crippen LogP contribution in [0, 0.1) is 0 Å². The average molecular weight is 237 g/mol. The van der Waals surface area contributed by atoms with Gasteiger partial charge in [0.1, 0.15) is 0 Å². The van der Waals surface area contributed by atoms with Gasteiger partial charge >= 0.3 is 0 Å². The third-order valence-electron chi connectivity index (χ3n) is 2.97. The van der Waals surface area contributed by atoms with Crippen molar-refractivity contribution in [3.8, 4) is 0 Å². The lowest BCUT2D eigenvalue weighted by molar-refractivity contribution is 0.292. The second-order valence-corrected chi connectivity index (χ2v) is 4.70. The zero-order chi connectivity index (χ0) is 12.8. The van der Waals surface area contributed by atoms with E-state index in [0.29, 0.717) is 0 Å². The number of hydrogen-bond donors (Lipinski definition) is 0. The summed E-state index contributed by atoms with van der Waals surface area (Å²) >= 11 is 0. The van der Waals surface area contributed by atoms with Crippen molar-refractivity contribution in [2.24, 2.45) is 0 Å². The lowest BCUT2D eigenvalue weighted by Gasteiger charge is -2.19. The van der Waals surface area contributed by atoms with Crippen LogP contribution in [-0.2, 0) is 0 Å². The fourth-order valence-electron chi connectivity index (χ4n) is 1.78. The molecule has 0 unspecified atom stereocenters. The zero-order valence-corrected chi connectivity index (χ0v) is 12.0. The van der Waals surface area contributed by atoms with E-state index in [1.807, 2.05) is 6.08 Å². The summed E-state index contributed by atoms with van der Waals surface area (Å²) in [6.45, 7) is 11.9. The Morgan fingerprint density at radius 1 is 0.882 bits per heavy atom. The highest BCUT2D eigenvalue weighted by molar-refractivity contribution is 4.85.